The molecule has 17 nitrogen and oxygen atoms in total. The number of esters is 1. The molecular formula is C50H66N8O9. The van der Waals surface area contributed by atoms with E-state index < -0.39 is 64.7 Å². The lowest BCUT2D eigenvalue weighted by molar-refractivity contribution is -0.156. The van der Waals surface area contributed by atoms with E-state index in [9.17, 15) is 34.2 Å². The lowest BCUT2D eigenvalue weighted by atomic mass is 9.84. The van der Waals surface area contributed by atoms with Crippen LogP contribution in [-0.4, -0.2) is 135 Å². The molecule has 17 heteroatoms. The van der Waals surface area contributed by atoms with Crippen molar-refractivity contribution >= 4 is 40.5 Å². The maximum absolute atomic E-state index is 14.7. The quantitative estimate of drug-likeness (QED) is 0.143. The summed E-state index contributed by atoms with van der Waals surface area (Å²) < 4.78 is 14.2. The van der Waals surface area contributed by atoms with E-state index in [2.05, 4.69) is 54.3 Å². The van der Waals surface area contributed by atoms with E-state index in [-0.39, 0.29) is 57.5 Å². The number of likely N-dealkylation sites (tertiary alicyclic amines) is 1. The summed E-state index contributed by atoms with van der Waals surface area (Å²) in [6.07, 6.45) is 2.78. The van der Waals surface area contributed by atoms with Crippen LogP contribution in [0.3, 0.4) is 0 Å². The first-order valence-corrected chi connectivity index (χ1v) is 23.3. The fourth-order valence-electron chi connectivity index (χ4n) is 10.0. The summed E-state index contributed by atoms with van der Waals surface area (Å²) in [5, 5.41) is 28.0. The highest BCUT2D eigenvalue weighted by Gasteiger charge is 2.48. The smallest absolute Gasteiger partial charge is 0.324 e. The number of aromatic hydroxyl groups is 1. The van der Waals surface area contributed by atoms with Crippen LogP contribution in [0.1, 0.15) is 83.7 Å². The highest BCUT2D eigenvalue weighted by molar-refractivity contribution is 5.97. The number of benzene rings is 2. The van der Waals surface area contributed by atoms with Gasteiger partial charge in [-0.05, 0) is 97.7 Å². The molecule has 5 heterocycles. The Morgan fingerprint density at radius 2 is 1.85 bits per heavy atom. The Morgan fingerprint density at radius 3 is 2.55 bits per heavy atom. The second-order valence-corrected chi connectivity index (χ2v) is 19.4. The van der Waals surface area contributed by atoms with Crippen LogP contribution in [-0.2, 0) is 52.8 Å². The number of nitrogens with one attached hydrogen (secondary N) is 2. The number of likely N-dealkylation sites (N-methyl/N-ethyl adjacent to an activating group) is 1. The van der Waals surface area contributed by atoms with Gasteiger partial charge in [0.15, 0.2) is 5.60 Å². The molecule has 0 saturated carbocycles. The van der Waals surface area contributed by atoms with Crippen molar-refractivity contribution in [1.82, 2.24) is 35.1 Å². The first-order valence-electron chi connectivity index (χ1n) is 23.3. The van der Waals surface area contributed by atoms with Gasteiger partial charge >= 0.3 is 5.97 Å². The summed E-state index contributed by atoms with van der Waals surface area (Å²) in [6, 6.07) is 12.0. The highest BCUT2D eigenvalue weighted by atomic mass is 16.5. The molecule has 4 amide bonds. The van der Waals surface area contributed by atoms with Crippen molar-refractivity contribution in [2.24, 2.45) is 17.1 Å². The number of hydrogen-bond acceptors (Lipinski definition) is 12. The van der Waals surface area contributed by atoms with Crippen molar-refractivity contribution in [1.29, 1.82) is 0 Å². The molecule has 0 unspecified atom stereocenters. The number of nitrogens with two attached hydrogens (primary N) is 1. The van der Waals surface area contributed by atoms with Crippen LogP contribution in [0.5, 0.6) is 5.75 Å². The number of phenols is 1. The molecule has 0 aliphatic carbocycles. The summed E-state index contributed by atoms with van der Waals surface area (Å²) in [5.74, 6) is -3.36. The Hall–Kier alpha value is -5.88. The minimum Gasteiger partial charge on any atom is -0.508 e. The van der Waals surface area contributed by atoms with Crippen LogP contribution in [0, 0.1) is 11.3 Å². The fraction of sp³-hybridized carbons (Fsp3) is 0.520. The minimum atomic E-state index is -1.94. The number of aryl methyl sites for hydroxylation is 1. The van der Waals surface area contributed by atoms with Gasteiger partial charge in [0.2, 0.25) is 11.8 Å². The van der Waals surface area contributed by atoms with Gasteiger partial charge in [-0.2, -0.15) is 0 Å². The number of phenolic OH excluding ortho intramolecular Hbond substituents is 1. The van der Waals surface area contributed by atoms with Crippen LogP contribution in [0.15, 0.2) is 54.7 Å². The van der Waals surface area contributed by atoms with Gasteiger partial charge in [-0.25, -0.2) is 5.43 Å². The number of fused-ring (bicyclic) bond motifs is 6. The van der Waals surface area contributed by atoms with Crippen molar-refractivity contribution in [2.75, 3.05) is 46.9 Å². The third-order valence-corrected chi connectivity index (χ3v) is 13.5. The molecule has 67 heavy (non-hydrogen) atoms. The van der Waals surface area contributed by atoms with Gasteiger partial charge in [0.1, 0.15) is 23.9 Å². The van der Waals surface area contributed by atoms with E-state index in [4.69, 9.17) is 20.2 Å². The molecule has 4 aromatic rings. The maximum Gasteiger partial charge on any atom is 0.324 e. The highest BCUT2D eigenvalue weighted by Crippen LogP contribution is 2.42. The number of methoxy groups -OCH3 is 1. The van der Waals surface area contributed by atoms with Crippen LogP contribution >= 0.6 is 0 Å². The number of hydrazine groups is 1. The second-order valence-electron chi connectivity index (χ2n) is 19.4. The zero-order valence-corrected chi connectivity index (χ0v) is 39.9. The second kappa shape index (κ2) is 19.8. The van der Waals surface area contributed by atoms with Gasteiger partial charge < -0.3 is 45.1 Å². The van der Waals surface area contributed by atoms with Gasteiger partial charge in [0.05, 0.1) is 37.2 Å². The van der Waals surface area contributed by atoms with Crippen molar-refractivity contribution in [2.45, 2.75) is 110 Å². The van der Waals surface area contributed by atoms with Crippen LogP contribution in [0.2, 0.25) is 0 Å². The zero-order chi connectivity index (χ0) is 48.5. The molecule has 7 rings (SSSR count). The number of carbonyl (C=O) groups is 5. The molecule has 6 bridgehead atoms. The largest absolute Gasteiger partial charge is 0.508 e. The van der Waals surface area contributed by atoms with Crippen molar-refractivity contribution < 1.29 is 43.7 Å². The fourth-order valence-corrected chi connectivity index (χ4v) is 10.0. The Kier molecular flexibility index (Phi) is 14.5. The van der Waals surface area contributed by atoms with E-state index in [1.54, 1.807) is 39.3 Å². The molecule has 2 fully saturated rings. The van der Waals surface area contributed by atoms with Gasteiger partial charge in [0, 0.05) is 74.7 Å². The number of ether oxygens (including phenoxy) is 2. The molecule has 0 spiro atoms. The number of aromatic nitrogens is 2. The first-order chi connectivity index (χ1) is 31.8. The number of carbonyl (C=O) groups excluding carboxylic acids is 5. The van der Waals surface area contributed by atoms with Crippen molar-refractivity contribution in [3.8, 4) is 28.1 Å². The predicted octanol–water partition coefficient (Wildman–Crippen LogP) is 3.86. The topological polar surface area (TPSA) is 222 Å². The summed E-state index contributed by atoms with van der Waals surface area (Å²) in [4.78, 5) is 76.8. The van der Waals surface area contributed by atoms with Crippen LogP contribution in [0.4, 0.5) is 0 Å². The molecule has 360 valence electrons. The molecule has 2 aromatic carbocycles. The molecule has 2 saturated heterocycles. The maximum atomic E-state index is 14.7. The Balaban J connectivity index is 1.31. The van der Waals surface area contributed by atoms with Gasteiger partial charge in [-0.1, -0.05) is 39.8 Å². The number of hydrogen-bond donors (Lipinski definition) is 5. The van der Waals surface area contributed by atoms with Crippen LogP contribution < -0.4 is 16.5 Å². The third kappa shape index (κ3) is 10.1. The van der Waals surface area contributed by atoms with Gasteiger partial charge in [0.25, 0.3) is 11.8 Å². The SMILES string of the molecule is CCn1c(-c2cccnc2[C@H](C)OC)c2c3cc(ccc31)-c1cc(O)cc(c1)C[C@H](NC(=O)[C@H](C(C)C)N(C)C(=O)[C@@]1(O)CCN(C(=O)CN)C1)C(=O)N1CCC[C@H](N1)C(=O)OCC(C)(C)C2. The summed E-state index contributed by atoms with van der Waals surface area (Å²) >= 11 is 0. The standard InChI is InChI=1S/C50H66N8O9/c1-9-57-40-15-14-32-24-36(40)37(44(57)35-12-10-17-52-42(35)30(4)66-8)25-49(5,6)28-67-47(63)38-13-11-18-58(54-38)46(62)39(22-31-20-33(32)23-34(59)21-31)53-45(61)43(29(2)3)55(7)48(64)50(65)16-19-56(27-50)41(60)26-51/h10,12,14-15,17,20-21,23-24,29-30,38-39,43,54,59,65H,9,11,13,16,18-19,22,25-28,51H2,1-8H3,(H,53,61)/t30-,38-,39-,43-,50+/m0/s1. The van der Waals surface area contributed by atoms with Crippen molar-refractivity contribution in [3.63, 3.8) is 0 Å². The molecule has 3 aliphatic rings. The molecule has 3 aliphatic heterocycles. The number of aliphatic hydroxyl groups is 1. The van der Waals surface area contributed by atoms with Crippen molar-refractivity contribution in [3.05, 3.63) is 71.5 Å². The number of pyridine rings is 1. The average Bonchev–Trinajstić information content (AvgIpc) is 3.86. The van der Waals surface area contributed by atoms with E-state index in [1.807, 2.05) is 25.1 Å². The minimum absolute atomic E-state index is 0.0318. The van der Waals surface area contributed by atoms with E-state index in [1.165, 1.54) is 21.9 Å². The number of nitrogens with zero attached hydrogens (tertiary/aromatic N) is 5. The van der Waals surface area contributed by atoms with E-state index >= 15 is 0 Å². The summed E-state index contributed by atoms with van der Waals surface area (Å²) in [7, 11) is 3.08. The molecule has 2 aromatic heterocycles. The number of cyclic esters (lactones) is 1. The van der Waals surface area contributed by atoms with E-state index in [0.29, 0.717) is 36.9 Å². The summed E-state index contributed by atoms with van der Waals surface area (Å²) in [6.45, 7) is 12.3. The van der Waals surface area contributed by atoms with Gasteiger partial charge in [-0.15, -0.1) is 0 Å². The lowest BCUT2D eigenvalue weighted by Gasteiger charge is -2.37. The number of rotatable bonds is 10. The molecular weight excluding hydrogens is 857 g/mol. The third-order valence-electron chi connectivity index (χ3n) is 13.5. The first kappa shape index (κ1) is 49.0. The van der Waals surface area contributed by atoms with E-state index in [0.717, 1.165) is 39.0 Å². The lowest BCUT2D eigenvalue weighted by Crippen LogP contribution is -2.63. The van der Waals surface area contributed by atoms with Gasteiger partial charge in [-0.3, -0.25) is 34.0 Å². The summed E-state index contributed by atoms with van der Waals surface area (Å²) in [5.41, 5.74) is 12.9. The Labute approximate surface area is 391 Å². The average molecular weight is 923 g/mol. The molecule has 0 radical (unpaired) electrons. The number of amides is 4. The zero-order valence-electron chi connectivity index (χ0n) is 39.9. The Bertz CT molecular complexity index is 2540. The number of β-amino-alcohol motifs (C(OH)–C–C–N with tert-alkyl or cyclic N) is 1. The Morgan fingerprint density at radius 1 is 1.09 bits per heavy atom. The normalized spacial score (nSPS) is 22.0. The molecule has 6 N–H and O–H groups in total. The predicted molar refractivity (Wildman–Crippen MR) is 252 cm³/mol. The monoisotopic (exact) mass is 922 g/mol. The molecule has 5 atom stereocenters. The van der Waals surface area contributed by atoms with Crippen LogP contribution in [0.25, 0.3) is 33.3 Å².